The van der Waals surface area contributed by atoms with Gasteiger partial charge in [0.1, 0.15) is 12.9 Å². The minimum Gasteiger partial charge on any atom is -0.388 e. The molecule has 0 spiro atoms. The van der Waals surface area contributed by atoms with Crippen molar-refractivity contribution >= 4 is 5.69 Å². The van der Waals surface area contributed by atoms with Gasteiger partial charge in [-0.1, -0.05) is 0 Å². The van der Waals surface area contributed by atoms with E-state index in [-0.39, 0.29) is 18.8 Å². The van der Waals surface area contributed by atoms with Gasteiger partial charge in [0.15, 0.2) is 5.82 Å². The lowest BCUT2D eigenvalue weighted by Crippen LogP contribution is -2.11. The Morgan fingerprint density at radius 3 is 2.79 bits per heavy atom. The molecule has 0 aliphatic heterocycles. The molecule has 0 aliphatic carbocycles. The summed E-state index contributed by atoms with van der Waals surface area (Å²) >= 11 is 0. The van der Waals surface area contributed by atoms with Gasteiger partial charge >= 0.3 is 0 Å². The molecule has 8 nitrogen and oxygen atoms in total. The van der Waals surface area contributed by atoms with Crippen LogP contribution in [0.3, 0.4) is 0 Å². The first kappa shape index (κ1) is 13.1. The monoisotopic (exact) mass is 263 g/mol. The highest BCUT2D eigenvalue weighted by atomic mass is 16.6. The minimum absolute atomic E-state index is 0.0654. The van der Waals surface area contributed by atoms with Crippen LogP contribution in [0, 0.1) is 24.0 Å². The Morgan fingerprint density at radius 2 is 2.16 bits per heavy atom. The molecular formula is C11H13N5O3. The zero-order valence-corrected chi connectivity index (χ0v) is 10.6. The number of aliphatic hydroxyl groups is 1. The minimum atomic E-state index is -0.413. The molecule has 0 aromatic carbocycles. The van der Waals surface area contributed by atoms with Crippen LogP contribution < -0.4 is 0 Å². The topological polar surface area (TPSA) is 107 Å². The molecule has 0 saturated carbocycles. The Hall–Kier alpha value is -2.35. The number of nitro groups is 1. The van der Waals surface area contributed by atoms with Gasteiger partial charge < -0.3 is 5.11 Å². The van der Waals surface area contributed by atoms with Gasteiger partial charge in [0, 0.05) is 11.8 Å². The molecule has 0 aliphatic rings. The van der Waals surface area contributed by atoms with Gasteiger partial charge in [-0.15, -0.1) is 0 Å². The van der Waals surface area contributed by atoms with Crippen LogP contribution in [-0.2, 0) is 13.2 Å². The van der Waals surface area contributed by atoms with Crippen LogP contribution in [0.2, 0.25) is 0 Å². The van der Waals surface area contributed by atoms with Crippen molar-refractivity contribution in [3.05, 3.63) is 45.3 Å². The second-order valence-electron chi connectivity index (χ2n) is 4.11. The molecule has 0 amide bonds. The molecule has 0 fully saturated rings. The van der Waals surface area contributed by atoms with Crippen LogP contribution in [0.5, 0.6) is 0 Å². The Kier molecular flexibility index (Phi) is 3.52. The largest absolute Gasteiger partial charge is 0.388 e. The van der Waals surface area contributed by atoms with Gasteiger partial charge in [-0.25, -0.2) is 9.67 Å². The van der Waals surface area contributed by atoms with Gasteiger partial charge in [0.2, 0.25) is 0 Å². The van der Waals surface area contributed by atoms with E-state index in [1.807, 2.05) is 0 Å². The van der Waals surface area contributed by atoms with Crippen molar-refractivity contribution in [2.45, 2.75) is 27.0 Å². The Bertz CT molecular complexity index is 623. The van der Waals surface area contributed by atoms with Gasteiger partial charge in [-0.2, -0.15) is 5.10 Å². The number of aryl methyl sites for hydroxylation is 1. The first-order valence-electron chi connectivity index (χ1n) is 5.61. The van der Waals surface area contributed by atoms with E-state index in [0.29, 0.717) is 22.6 Å². The Morgan fingerprint density at radius 1 is 1.42 bits per heavy atom. The summed E-state index contributed by atoms with van der Waals surface area (Å²) < 4.78 is 1.47. The van der Waals surface area contributed by atoms with E-state index in [0.717, 1.165) is 0 Å². The van der Waals surface area contributed by atoms with Crippen molar-refractivity contribution in [3.63, 3.8) is 0 Å². The lowest BCUT2D eigenvalue weighted by atomic mass is 10.1. The molecular weight excluding hydrogens is 250 g/mol. The SMILES string of the molecule is Cc1cnc(Cn2ncnc2CO)c(C)c1[N+](=O)[O-]. The molecule has 0 radical (unpaired) electrons. The summed E-state index contributed by atoms with van der Waals surface area (Å²) in [4.78, 5) is 18.7. The van der Waals surface area contributed by atoms with E-state index in [1.54, 1.807) is 13.8 Å². The molecule has 0 atom stereocenters. The molecule has 19 heavy (non-hydrogen) atoms. The van der Waals surface area contributed by atoms with Crippen molar-refractivity contribution in [1.29, 1.82) is 0 Å². The average Bonchev–Trinajstić information content (AvgIpc) is 2.79. The van der Waals surface area contributed by atoms with Crippen molar-refractivity contribution in [3.8, 4) is 0 Å². The van der Waals surface area contributed by atoms with E-state index < -0.39 is 4.92 Å². The number of aromatic nitrogens is 4. The number of pyridine rings is 1. The summed E-state index contributed by atoms with van der Waals surface area (Å²) in [5.41, 5.74) is 1.63. The maximum atomic E-state index is 11.0. The van der Waals surface area contributed by atoms with E-state index in [9.17, 15) is 10.1 Å². The molecule has 0 bridgehead atoms. The molecule has 2 heterocycles. The quantitative estimate of drug-likeness (QED) is 0.644. The van der Waals surface area contributed by atoms with Crippen LogP contribution in [0.1, 0.15) is 22.6 Å². The fraction of sp³-hybridized carbons (Fsp3) is 0.364. The van der Waals surface area contributed by atoms with Crippen LogP contribution in [0.4, 0.5) is 5.69 Å². The Balaban J connectivity index is 2.42. The number of hydrogen-bond donors (Lipinski definition) is 1. The summed E-state index contributed by atoms with van der Waals surface area (Å²) in [6.45, 7) is 3.30. The third-order valence-electron chi connectivity index (χ3n) is 2.89. The zero-order valence-electron chi connectivity index (χ0n) is 10.6. The maximum absolute atomic E-state index is 11.0. The Labute approximate surface area is 108 Å². The normalized spacial score (nSPS) is 10.7. The summed E-state index contributed by atoms with van der Waals surface area (Å²) in [6, 6.07) is 0. The molecule has 1 N–H and O–H groups in total. The fourth-order valence-electron chi connectivity index (χ4n) is 1.89. The summed E-state index contributed by atoms with van der Waals surface area (Å²) in [7, 11) is 0. The molecule has 0 unspecified atom stereocenters. The fourth-order valence-corrected chi connectivity index (χ4v) is 1.89. The van der Waals surface area contributed by atoms with Crippen molar-refractivity contribution in [2.24, 2.45) is 0 Å². The predicted molar refractivity (Wildman–Crippen MR) is 65.4 cm³/mol. The van der Waals surface area contributed by atoms with Gasteiger partial charge in [-0.05, 0) is 13.8 Å². The standard InChI is InChI=1S/C11H13N5O3/c1-7-3-12-9(8(2)11(7)16(18)19)4-15-10(5-17)13-6-14-15/h3,6,17H,4-5H2,1-2H3. The first-order chi connectivity index (χ1) is 9.04. The number of hydrogen-bond acceptors (Lipinski definition) is 6. The highest BCUT2D eigenvalue weighted by Gasteiger charge is 2.19. The van der Waals surface area contributed by atoms with Crippen LogP contribution in [-0.4, -0.2) is 29.8 Å². The highest BCUT2D eigenvalue weighted by Crippen LogP contribution is 2.24. The highest BCUT2D eigenvalue weighted by molar-refractivity contribution is 5.47. The van der Waals surface area contributed by atoms with Crippen LogP contribution in [0.25, 0.3) is 0 Å². The lowest BCUT2D eigenvalue weighted by molar-refractivity contribution is -0.386. The molecule has 2 rings (SSSR count). The number of rotatable bonds is 4. The average molecular weight is 263 g/mol. The summed E-state index contributed by atoms with van der Waals surface area (Å²) in [5.74, 6) is 0.393. The summed E-state index contributed by atoms with van der Waals surface area (Å²) in [6.07, 6.45) is 2.79. The lowest BCUT2D eigenvalue weighted by Gasteiger charge is -2.08. The second kappa shape index (κ2) is 5.11. The molecule has 2 aromatic rings. The number of nitrogens with zero attached hydrogens (tertiary/aromatic N) is 5. The van der Waals surface area contributed by atoms with E-state index in [2.05, 4.69) is 15.1 Å². The van der Waals surface area contributed by atoms with Crippen molar-refractivity contribution < 1.29 is 10.0 Å². The molecule has 100 valence electrons. The van der Waals surface area contributed by atoms with E-state index in [4.69, 9.17) is 5.11 Å². The van der Waals surface area contributed by atoms with E-state index >= 15 is 0 Å². The van der Waals surface area contributed by atoms with Crippen molar-refractivity contribution in [1.82, 2.24) is 19.7 Å². The second-order valence-corrected chi connectivity index (χ2v) is 4.11. The third-order valence-corrected chi connectivity index (χ3v) is 2.89. The van der Waals surface area contributed by atoms with Crippen molar-refractivity contribution in [2.75, 3.05) is 0 Å². The molecule has 8 heteroatoms. The smallest absolute Gasteiger partial charge is 0.278 e. The molecule has 2 aromatic heterocycles. The van der Waals surface area contributed by atoms with Gasteiger partial charge in [-0.3, -0.25) is 15.1 Å². The van der Waals surface area contributed by atoms with Crippen LogP contribution in [0.15, 0.2) is 12.5 Å². The predicted octanol–water partition coefficient (Wildman–Crippen LogP) is 0.739. The van der Waals surface area contributed by atoms with Gasteiger partial charge in [0.05, 0.1) is 22.7 Å². The zero-order chi connectivity index (χ0) is 14.0. The number of aliphatic hydroxyl groups excluding tert-OH is 1. The summed E-state index contributed by atoms with van der Waals surface area (Å²) in [5, 5.41) is 24.1. The van der Waals surface area contributed by atoms with Gasteiger partial charge in [0.25, 0.3) is 5.69 Å². The van der Waals surface area contributed by atoms with E-state index in [1.165, 1.54) is 17.2 Å². The first-order valence-corrected chi connectivity index (χ1v) is 5.61. The molecule has 0 saturated heterocycles. The van der Waals surface area contributed by atoms with Crippen LogP contribution >= 0.6 is 0 Å². The maximum Gasteiger partial charge on any atom is 0.278 e. The third kappa shape index (κ3) is 2.43.